The average Bonchev–Trinajstić information content (AvgIpc) is 2.39. The molecular weight excluding hydrogens is 266 g/mol. The largest absolute Gasteiger partial charge is 0.383 e. The molecule has 0 radical (unpaired) electrons. The van der Waals surface area contributed by atoms with E-state index in [0.717, 1.165) is 18.8 Å². The number of alkyl halides is 2. The number of rotatable bonds is 5. The molecule has 2 rings (SSSR count). The lowest BCUT2D eigenvalue weighted by molar-refractivity contribution is 0.194. The number of halogens is 2. The van der Waals surface area contributed by atoms with Crippen LogP contribution in [-0.4, -0.2) is 36.8 Å². The maximum Gasteiger partial charge on any atom is 0.288 e. The molecular formula is C14H20F2N2S. The summed E-state index contributed by atoms with van der Waals surface area (Å²) in [5.41, 5.74) is 0.998. The third-order valence-electron chi connectivity index (χ3n) is 3.54. The Bertz CT molecular complexity index is 384. The minimum absolute atomic E-state index is 0.573. The molecule has 1 N–H and O–H groups in total. The molecule has 1 unspecified atom stereocenters. The van der Waals surface area contributed by atoms with E-state index < -0.39 is 5.76 Å². The second-order valence-corrected chi connectivity index (χ2v) is 5.98. The maximum absolute atomic E-state index is 12.2. The minimum Gasteiger partial charge on any atom is -0.383 e. The van der Waals surface area contributed by atoms with Gasteiger partial charge in [-0.2, -0.15) is 8.78 Å². The van der Waals surface area contributed by atoms with Crippen LogP contribution >= 0.6 is 11.8 Å². The molecule has 1 fully saturated rings. The Morgan fingerprint density at radius 1 is 1.32 bits per heavy atom. The zero-order chi connectivity index (χ0) is 13.7. The highest BCUT2D eigenvalue weighted by Crippen LogP contribution is 2.26. The number of piperidine rings is 1. The van der Waals surface area contributed by atoms with Crippen molar-refractivity contribution in [2.45, 2.75) is 36.0 Å². The fourth-order valence-corrected chi connectivity index (χ4v) is 2.89. The highest BCUT2D eigenvalue weighted by Gasteiger charge is 2.18. The standard InChI is InChI=1S/C14H20F2N2S/c1-18-9-3-2-4-12(18)10-17-11-5-7-13(8-6-11)19-14(15)16/h5-8,12,14,17H,2-4,9-10H2,1H3. The summed E-state index contributed by atoms with van der Waals surface area (Å²) in [5.74, 6) is -2.35. The van der Waals surface area contributed by atoms with Crippen LogP contribution in [0.2, 0.25) is 0 Å². The van der Waals surface area contributed by atoms with Gasteiger partial charge in [0.25, 0.3) is 5.76 Å². The number of hydrogen-bond acceptors (Lipinski definition) is 3. The second-order valence-electron chi connectivity index (χ2n) is 4.91. The first-order valence-electron chi connectivity index (χ1n) is 6.64. The van der Waals surface area contributed by atoms with E-state index in [1.54, 1.807) is 12.1 Å². The number of nitrogens with zero attached hydrogens (tertiary/aromatic N) is 1. The van der Waals surface area contributed by atoms with Gasteiger partial charge in [0.2, 0.25) is 0 Å². The zero-order valence-corrected chi connectivity index (χ0v) is 11.9. The van der Waals surface area contributed by atoms with Gasteiger partial charge in [-0.15, -0.1) is 0 Å². The van der Waals surface area contributed by atoms with Crippen molar-refractivity contribution >= 4 is 17.4 Å². The monoisotopic (exact) mass is 286 g/mol. The van der Waals surface area contributed by atoms with Gasteiger partial charge in [0.1, 0.15) is 0 Å². The van der Waals surface area contributed by atoms with Crippen molar-refractivity contribution < 1.29 is 8.78 Å². The van der Waals surface area contributed by atoms with Crippen molar-refractivity contribution in [2.75, 3.05) is 25.5 Å². The number of nitrogens with one attached hydrogen (secondary N) is 1. The zero-order valence-electron chi connectivity index (χ0n) is 11.1. The van der Waals surface area contributed by atoms with Gasteiger partial charge in [0, 0.05) is 23.2 Å². The molecule has 0 saturated carbocycles. The van der Waals surface area contributed by atoms with Crippen molar-refractivity contribution in [3.8, 4) is 0 Å². The van der Waals surface area contributed by atoms with Gasteiger partial charge in [-0.05, 0) is 50.7 Å². The molecule has 5 heteroatoms. The molecule has 19 heavy (non-hydrogen) atoms. The van der Waals surface area contributed by atoms with Crippen LogP contribution in [0.1, 0.15) is 19.3 Å². The van der Waals surface area contributed by atoms with E-state index >= 15 is 0 Å². The van der Waals surface area contributed by atoms with E-state index in [0.29, 0.717) is 22.7 Å². The molecule has 2 nitrogen and oxygen atoms in total. The van der Waals surface area contributed by atoms with Gasteiger partial charge in [0.05, 0.1) is 0 Å². The van der Waals surface area contributed by atoms with E-state index in [-0.39, 0.29) is 0 Å². The Labute approximate surface area is 117 Å². The fourth-order valence-electron chi connectivity index (χ4n) is 2.39. The van der Waals surface area contributed by atoms with Gasteiger partial charge in [0.15, 0.2) is 0 Å². The third-order valence-corrected chi connectivity index (χ3v) is 4.27. The van der Waals surface area contributed by atoms with Crippen molar-refractivity contribution in [1.82, 2.24) is 4.90 Å². The number of likely N-dealkylation sites (N-methyl/N-ethyl adjacent to an activating group) is 1. The summed E-state index contributed by atoms with van der Waals surface area (Å²) in [6, 6.07) is 7.79. The average molecular weight is 286 g/mol. The van der Waals surface area contributed by atoms with Crippen LogP contribution in [-0.2, 0) is 0 Å². The molecule has 0 aliphatic carbocycles. The second kappa shape index (κ2) is 7.10. The summed E-state index contributed by atoms with van der Waals surface area (Å²) in [5, 5.41) is 3.39. The van der Waals surface area contributed by atoms with E-state index in [4.69, 9.17) is 0 Å². The van der Waals surface area contributed by atoms with Crippen molar-refractivity contribution in [3.63, 3.8) is 0 Å². The Morgan fingerprint density at radius 3 is 2.68 bits per heavy atom. The number of benzene rings is 1. The van der Waals surface area contributed by atoms with E-state index in [1.807, 2.05) is 12.1 Å². The maximum atomic E-state index is 12.2. The molecule has 0 bridgehead atoms. The minimum atomic E-state index is -2.35. The molecule has 1 heterocycles. The van der Waals surface area contributed by atoms with Crippen LogP contribution in [0, 0.1) is 0 Å². The molecule has 1 aromatic rings. The smallest absolute Gasteiger partial charge is 0.288 e. The third kappa shape index (κ3) is 4.66. The van der Waals surface area contributed by atoms with Crippen LogP contribution in [0.4, 0.5) is 14.5 Å². The van der Waals surface area contributed by atoms with Crippen LogP contribution in [0.3, 0.4) is 0 Å². The fraction of sp³-hybridized carbons (Fsp3) is 0.571. The number of hydrogen-bond donors (Lipinski definition) is 1. The first-order valence-corrected chi connectivity index (χ1v) is 7.52. The predicted molar refractivity (Wildman–Crippen MR) is 77.1 cm³/mol. The highest BCUT2D eigenvalue weighted by molar-refractivity contribution is 7.99. The molecule has 1 atom stereocenters. The topological polar surface area (TPSA) is 15.3 Å². The number of anilines is 1. The first-order chi connectivity index (χ1) is 9.15. The molecule has 106 valence electrons. The van der Waals surface area contributed by atoms with Crippen molar-refractivity contribution in [3.05, 3.63) is 24.3 Å². The summed E-state index contributed by atoms with van der Waals surface area (Å²) in [6.07, 6.45) is 3.80. The van der Waals surface area contributed by atoms with Gasteiger partial charge in [-0.1, -0.05) is 18.2 Å². The predicted octanol–water partition coefficient (Wildman–Crippen LogP) is 3.90. The van der Waals surface area contributed by atoms with Crippen LogP contribution in [0.25, 0.3) is 0 Å². The molecule has 0 amide bonds. The van der Waals surface area contributed by atoms with Crippen LogP contribution in [0.5, 0.6) is 0 Å². The van der Waals surface area contributed by atoms with Crippen LogP contribution < -0.4 is 5.32 Å². The van der Waals surface area contributed by atoms with Crippen LogP contribution in [0.15, 0.2) is 29.2 Å². The summed E-state index contributed by atoms with van der Waals surface area (Å²) >= 11 is 0.584. The van der Waals surface area contributed by atoms with Crippen molar-refractivity contribution in [2.24, 2.45) is 0 Å². The number of likely N-dealkylation sites (tertiary alicyclic amines) is 1. The Morgan fingerprint density at radius 2 is 2.05 bits per heavy atom. The number of thioether (sulfide) groups is 1. The molecule has 1 aromatic carbocycles. The SMILES string of the molecule is CN1CCCCC1CNc1ccc(SC(F)F)cc1. The lowest BCUT2D eigenvalue weighted by atomic mass is 10.0. The van der Waals surface area contributed by atoms with Gasteiger partial charge in [-0.3, -0.25) is 0 Å². The Hall–Kier alpha value is -0.810. The Balaban J connectivity index is 1.82. The molecule has 1 aliphatic rings. The molecule has 0 aromatic heterocycles. The molecule has 1 aliphatic heterocycles. The first kappa shape index (κ1) is 14.6. The lowest BCUT2D eigenvalue weighted by Gasteiger charge is -2.32. The summed E-state index contributed by atoms with van der Waals surface area (Å²) < 4.78 is 24.4. The summed E-state index contributed by atoms with van der Waals surface area (Å²) in [4.78, 5) is 2.99. The van der Waals surface area contributed by atoms with E-state index in [1.165, 1.54) is 19.3 Å². The highest BCUT2D eigenvalue weighted by atomic mass is 32.2. The van der Waals surface area contributed by atoms with Crippen molar-refractivity contribution in [1.29, 1.82) is 0 Å². The van der Waals surface area contributed by atoms with Gasteiger partial charge >= 0.3 is 0 Å². The quantitative estimate of drug-likeness (QED) is 0.827. The lowest BCUT2D eigenvalue weighted by Crippen LogP contribution is -2.40. The molecule has 1 saturated heterocycles. The summed E-state index contributed by atoms with van der Waals surface area (Å²) in [6.45, 7) is 2.08. The van der Waals surface area contributed by atoms with E-state index in [2.05, 4.69) is 17.3 Å². The Kier molecular flexibility index (Phi) is 5.45. The van der Waals surface area contributed by atoms with E-state index in [9.17, 15) is 8.78 Å². The van der Waals surface area contributed by atoms with Gasteiger partial charge in [-0.25, -0.2) is 0 Å². The normalized spacial score (nSPS) is 20.7. The molecule has 0 spiro atoms. The van der Waals surface area contributed by atoms with Gasteiger partial charge < -0.3 is 10.2 Å². The summed E-state index contributed by atoms with van der Waals surface area (Å²) in [7, 11) is 2.16.